The molecule has 1 saturated heterocycles. The Bertz CT molecular complexity index is 1540. The zero-order valence-electron chi connectivity index (χ0n) is 25.0. The van der Waals surface area contributed by atoms with Gasteiger partial charge in [-0.1, -0.05) is 24.3 Å². The van der Waals surface area contributed by atoms with Gasteiger partial charge in [0.1, 0.15) is 5.78 Å². The molecule has 4 aromatic rings. The number of halogens is 2. The van der Waals surface area contributed by atoms with Crippen LogP contribution in [-0.2, 0) is 16.0 Å². The first-order valence-corrected chi connectivity index (χ1v) is 14.6. The van der Waals surface area contributed by atoms with E-state index in [0.717, 1.165) is 41.4 Å². The summed E-state index contributed by atoms with van der Waals surface area (Å²) in [5, 5.41) is 4.89. The number of aromatic nitrogens is 4. The lowest BCUT2D eigenvalue weighted by atomic mass is 9.87. The Morgan fingerprint density at radius 3 is 2.49 bits per heavy atom. The fourth-order valence-electron chi connectivity index (χ4n) is 6.17. The highest BCUT2D eigenvalue weighted by molar-refractivity contribution is 5.82. The number of likely N-dealkylation sites (tertiary alicyclic amines) is 1. The number of ether oxygens (including phenoxy) is 2. The van der Waals surface area contributed by atoms with E-state index in [9.17, 15) is 13.6 Å². The lowest BCUT2D eigenvalue weighted by molar-refractivity contribution is -0.119. The molecular formula is C33H37F2N5O3. The molecule has 3 atom stereocenters. The predicted octanol–water partition coefficient (Wildman–Crippen LogP) is 5.91. The Kier molecular flexibility index (Phi) is 9.57. The molecule has 0 aliphatic carbocycles. The second kappa shape index (κ2) is 13.5. The molecule has 0 radical (unpaired) electrons. The van der Waals surface area contributed by atoms with E-state index in [1.54, 1.807) is 25.6 Å². The van der Waals surface area contributed by atoms with Crippen LogP contribution in [0.5, 0.6) is 6.01 Å². The maximum Gasteiger partial charge on any atom is 0.316 e. The number of carbonyl (C=O) groups is 1. The third-order valence-corrected chi connectivity index (χ3v) is 8.25. The summed E-state index contributed by atoms with van der Waals surface area (Å²) >= 11 is 0. The van der Waals surface area contributed by atoms with Crippen molar-refractivity contribution in [3.63, 3.8) is 0 Å². The first kappa shape index (κ1) is 30.4. The van der Waals surface area contributed by atoms with E-state index >= 15 is 0 Å². The van der Waals surface area contributed by atoms with Crippen LogP contribution in [0.4, 0.5) is 8.78 Å². The summed E-state index contributed by atoms with van der Waals surface area (Å²) in [6.07, 6.45) is 5.34. The second-order valence-corrected chi connectivity index (χ2v) is 11.0. The van der Waals surface area contributed by atoms with Gasteiger partial charge in [-0.3, -0.25) is 9.69 Å². The zero-order chi connectivity index (χ0) is 30.5. The molecule has 0 bridgehead atoms. The molecule has 2 aromatic carbocycles. The number of ketones is 1. The number of hydrogen-bond acceptors (Lipinski definition) is 7. The topological polar surface area (TPSA) is 82.4 Å². The van der Waals surface area contributed by atoms with E-state index in [0.29, 0.717) is 36.9 Å². The SMILES string of the molecule is CCOc1ncc(-c2nn(-c3ccccc3)c(CC(=O)C[C@@H]3C[C@@H](CCOC)N(C)[C@H]3c3ccc(F)c(F)c3)c2C)cn1. The van der Waals surface area contributed by atoms with Gasteiger partial charge in [-0.05, 0) is 75.0 Å². The quantitative estimate of drug-likeness (QED) is 0.203. The van der Waals surface area contributed by atoms with Crippen LogP contribution in [0.15, 0.2) is 60.9 Å². The lowest BCUT2D eigenvalue weighted by Gasteiger charge is -2.28. The van der Waals surface area contributed by atoms with Gasteiger partial charge in [0.05, 0.1) is 23.7 Å². The second-order valence-electron chi connectivity index (χ2n) is 11.0. The number of hydrogen-bond donors (Lipinski definition) is 0. The van der Waals surface area contributed by atoms with E-state index in [1.807, 2.05) is 55.9 Å². The summed E-state index contributed by atoms with van der Waals surface area (Å²) in [4.78, 5) is 24.6. The Labute approximate surface area is 250 Å². The van der Waals surface area contributed by atoms with Crippen LogP contribution in [0.1, 0.15) is 49.0 Å². The molecule has 0 unspecified atom stereocenters. The Morgan fingerprint density at radius 1 is 1.07 bits per heavy atom. The minimum absolute atomic E-state index is 0.0491. The maximum absolute atomic E-state index is 14.3. The molecule has 0 spiro atoms. The van der Waals surface area contributed by atoms with Crippen LogP contribution >= 0.6 is 0 Å². The Balaban J connectivity index is 1.44. The van der Waals surface area contributed by atoms with Crippen LogP contribution in [-0.4, -0.2) is 63.8 Å². The third-order valence-electron chi connectivity index (χ3n) is 8.25. The molecule has 226 valence electrons. The molecule has 5 rings (SSSR count). The van der Waals surface area contributed by atoms with Gasteiger partial charge in [0.15, 0.2) is 11.6 Å². The van der Waals surface area contributed by atoms with E-state index < -0.39 is 11.6 Å². The monoisotopic (exact) mass is 589 g/mol. The molecule has 1 aliphatic heterocycles. The van der Waals surface area contributed by atoms with E-state index in [1.165, 1.54) is 6.07 Å². The first-order chi connectivity index (χ1) is 20.8. The molecule has 43 heavy (non-hydrogen) atoms. The molecule has 0 N–H and O–H groups in total. The average Bonchev–Trinajstić information content (AvgIpc) is 3.49. The minimum atomic E-state index is -0.885. The molecule has 1 fully saturated rings. The summed E-state index contributed by atoms with van der Waals surface area (Å²) in [5.41, 5.74) is 4.57. The summed E-state index contributed by atoms with van der Waals surface area (Å²) in [7, 11) is 3.64. The number of nitrogens with zero attached hydrogens (tertiary/aromatic N) is 5. The summed E-state index contributed by atoms with van der Waals surface area (Å²) in [6, 6.07) is 13.9. The van der Waals surface area contributed by atoms with Crippen molar-refractivity contribution in [2.24, 2.45) is 5.92 Å². The third kappa shape index (κ3) is 6.65. The van der Waals surface area contributed by atoms with Crippen molar-refractivity contribution in [3.8, 4) is 23.0 Å². The molecular weight excluding hydrogens is 552 g/mol. The van der Waals surface area contributed by atoms with E-state index in [-0.39, 0.29) is 30.2 Å². The van der Waals surface area contributed by atoms with Crippen LogP contribution in [0.2, 0.25) is 0 Å². The lowest BCUT2D eigenvalue weighted by Crippen LogP contribution is -2.29. The standard InChI is InChI=1S/C33H37F2N5O3/c1-5-43-33-36-19-24(20-37-33)31-21(2)30(40(38-31)25-9-7-6-8-10-25)18-27(41)16-23-15-26(13-14-42-4)39(3)32(23)22-11-12-28(34)29(35)17-22/h6-12,17,19-20,23,26,32H,5,13-16,18H2,1-4H3/t23-,26+,32-/m0/s1. The first-order valence-electron chi connectivity index (χ1n) is 14.6. The van der Waals surface area contributed by atoms with Gasteiger partial charge < -0.3 is 9.47 Å². The summed E-state index contributed by atoms with van der Waals surface area (Å²) in [5.74, 6) is -1.79. The normalized spacial score (nSPS) is 18.7. The number of carbonyl (C=O) groups excluding carboxylic acids is 1. The van der Waals surface area contributed by atoms with Crippen molar-refractivity contribution in [2.75, 3.05) is 27.4 Å². The predicted molar refractivity (Wildman–Crippen MR) is 159 cm³/mol. The molecule has 8 nitrogen and oxygen atoms in total. The van der Waals surface area contributed by atoms with Gasteiger partial charge in [-0.2, -0.15) is 5.10 Å². The summed E-state index contributed by atoms with van der Waals surface area (Å²) in [6.45, 7) is 4.87. The van der Waals surface area contributed by atoms with Crippen molar-refractivity contribution in [1.82, 2.24) is 24.6 Å². The van der Waals surface area contributed by atoms with Gasteiger partial charge in [0.2, 0.25) is 0 Å². The molecule has 0 saturated carbocycles. The molecule has 2 aromatic heterocycles. The maximum atomic E-state index is 14.3. The van der Waals surface area contributed by atoms with E-state index in [4.69, 9.17) is 14.6 Å². The molecule has 10 heteroatoms. The van der Waals surface area contributed by atoms with Crippen molar-refractivity contribution in [1.29, 1.82) is 0 Å². The zero-order valence-corrected chi connectivity index (χ0v) is 25.0. The Hall–Kier alpha value is -4.02. The fraction of sp³-hybridized carbons (Fsp3) is 0.394. The van der Waals surface area contributed by atoms with Crippen molar-refractivity contribution in [3.05, 3.63) is 89.4 Å². The highest BCUT2D eigenvalue weighted by Gasteiger charge is 2.40. The number of methoxy groups -OCH3 is 1. The number of Topliss-reactive ketones (excluding diaryl/α,β-unsaturated/α-hetero) is 1. The fourth-order valence-corrected chi connectivity index (χ4v) is 6.17. The highest BCUT2D eigenvalue weighted by Crippen LogP contribution is 2.43. The molecule has 1 aliphatic rings. The van der Waals surface area contributed by atoms with E-state index in [2.05, 4.69) is 14.9 Å². The van der Waals surface area contributed by atoms with Gasteiger partial charge >= 0.3 is 6.01 Å². The van der Waals surface area contributed by atoms with Gasteiger partial charge in [0, 0.05) is 56.6 Å². The van der Waals surface area contributed by atoms with Crippen LogP contribution in [0.3, 0.4) is 0 Å². The largest absolute Gasteiger partial charge is 0.464 e. The van der Waals surface area contributed by atoms with Crippen LogP contribution in [0, 0.1) is 24.5 Å². The van der Waals surface area contributed by atoms with Crippen LogP contribution < -0.4 is 4.74 Å². The van der Waals surface area contributed by atoms with Crippen molar-refractivity contribution in [2.45, 2.75) is 51.6 Å². The van der Waals surface area contributed by atoms with Gasteiger partial charge in [-0.15, -0.1) is 0 Å². The molecule has 3 heterocycles. The highest BCUT2D eigenvalue weighted by atomic mass is 19.2. The van der Waals surface area contributed by atoms with Gasteiger partial charge in [-0.25, -0.2) is 23.4 Å². The number of para-hydroxylation sites is 1. The number of benzene rings is 2. The minimum Gasteiger partial charge on any atom is -0.464 e. The van der Waals surface area contributed by atoms with Crippen molar-refractivity contribution >= 4 is 5.78 Å². The molecule has 0 amide bonds. The van der Waals surface area contributed by atoms with Crippen molar-refractivity contribution < 1.29 is 23.0 Å². The summed E-state index contributed by atoms with van der Waals surface area (Å²) < 4.78 is 40.6. The van der Waals surface area contributed by atoms with Gasteiger partial charge in [0.25, 0.3) is 0 Å². The number of rotatable bonds is 12. The van der Waals surface area contributed by atoms with Crippen LogP contribution in [0.25, 0.3) is 16.9 Å². The smallest absolute Gasteiger partial charge is 0.316 e. The average molecular weight is 590 g/mol. The Morgan fingerprint density at radius 2 is 1.81 bits per heavy atom.